The summed E-state index contributed by atoms with van der Waals surface area (Å²) in [6, 6.07) is 61.2. The van der Waals surface area contributed by atoms with Crippen LogP contribution in [0.1, 0.15) is 25.0 Å². The predicted molar refractivity (Wildman–Crippen MR) is 227 cm³/mol. The highest BCUT2D eigenvalue weighted by molar-refractivity contribution is 7.26. The van der Waals surface area contributed by atoms with Gasteiger partial charge in [0.25, 0.3) is 0 Å². The molecule has 2 heterocycles. The molecule has 0 saturated carbocycles. The van der Waals surface area contributed by atoms with Gasteiger partial charge in [-0.15, -0.1) is 22.7 Å². The Balaban J connectivity index is 1.05. The van der Waals surface area contributed by atoms with E-state index in [1.54, 1.807) is 0 Å². The van der Waals surface area contributed by atoms with E-state index in [0.717, 1.165) is 17.1 Å². The zero-order valence-electron chi connectivity index (χ0n) is 28.9. The lowest BCUT2D eigenvalue weighted by Crippen LogP contribution is -2.15. The Hall–Kier alpha value is -5.74. The fourth-order valence-corrected chi connectivity index (χ4v) is 10.8. The molecule has 246 valence electrons. The molecule has 0 amide bonds. The summed E-state index contributed by atoms with van der Waals surface area (Å²) in [6.07, 6.45) is 0. The normalized spacial score (nSPS) is 13.3. The molecule has 52 heavy (non-hydrogen) atoms. The van der Waals surface area contributed by atoms with Crippen molar-refractivity contribution >= 4 is 90.9 Å². The summed E-state index contributed by atoms with van der Waals surface area (Å²) in [7, 11) is 0. The first-order valence-electron chi connectivity index (χ1n) is 17.9. The maximum atomic E-state index is 2.43. The van der Waals surface area contributed by atoms with E-state index in [2.05, 4.69) is 183 Å². The molecule has 1 nitrogen and oxygen atoms in total. The van der Waals surface area contributed by atoms with Gasteiger partial charge in [-0.05, 0) is 111 Å². The Morgan fingerprint density at radius 2 is 0.981 bits per heavy atom. The van der Waals surface area contributed by atoms with Crippen molar-refractivity contribution in [2.75, 3.05) is 4.90 Å². The number of anilines is 3. The molecular formula is C49H33NS2. The van der Waals surface area contributed by atoms with Crippen LogP contribution in [0.5, 0.6) is 0 Å². The van der Waals surface area contributed by atoms with Crippen LogP contribution in [0.25, 0.3) is 73.4 Å². The zero-order valence-corrected chi connectivity index (χ0v) is 30.5. The molecule has 0 atom stereocenters. The Morgan fingerprint density at radius 1 is 0.385 bits per heavy atom. The Labute approximate surface area is 310 Å². The third-order valence-electron chi connectivity index (χ3n) is 11.2. The van der Waals surface area contributed by atoms with Crippen LogP contribution in [0.15, 0.2) is 164 Å². The predicted octanol–water partition coefficient (Wildman–Crippen LogP) is 15.0. The monoisotopic (exact) mass is 699 g/mol. The summed E-state index contributed by atoms with van der Waals surface area (Å²) >= 11 is 3.75. The minimum Gasteiger partial charge on any atom is -0.310 e. The molecule has 0 N–H and O–H groups in total. The topological polar surface area (TPSA) is 3.24 Å². The van der Waals surface area contributed by atoms with Gasteiger partial charge in [0.1, 0.15) is 0 Å². The van der Waals surface area contributed by atoms with E-state index in [9.17, 15) is 0 Å². The van der Waals surface area contributed by atoms with Crippen LogP contribution < -0.4 is 4.90 Å². The minimum absolute atomic E-state index is 0.0328. The average molecular weight is 700 g/mol. The molecule has 0 spiro atoms. The van der Waals surface area contributed by atoms with Crippen molar-refractivity contribution < 1.29 is 0 Å². The second-order valence-corrected chi connectivity index (χ2v) is 16.7. The molecule has 1 aliphatic carbocycles. The highest BCUT2D eigenvalue weighted by Gasteiger charge is 2.35. The van der Waals surface area contributed by atoms with Gasteiger partial charge >= 0.3 is 0 Å². The van der Waals surface area contributed by atoms with E-state index in [4.69, 9.17) is 0 Å². The number of benzene rings is 8. The van der Waals surface area contributed by atoms with Crippen LogP contribution in [0.3, 0.4) is 0 Å². The quantitative estimate of drug-likeness (QED) is 0.177. The molecule has 11 rings (SSSR count). The Kier molecular flexibility index (Phi) is 6.41. The standard InChI is InChI=1S/C49H33NS2/c1-49(2)43-13-7-5-11-37(43)40-28-35(21-23-44(40)49)50(36-20-22-39-38-12-6-8-14-45(38)51-48(39)29-36)34-18-15-30(16-19-34)33-17-24-46-41(26-33)42-25-31-9-3-4-10-32(31)27-47(42)52-46/h3-29H,1-2H3. The zero-order chi connectivity index (χ0) is 34.6. The lowest BCUT2D eigenvalue weighted by molar-refractivity contribution is 0.660. The second-order valence-electron chi connectivity index (χ2n) is 14.6. The van der Waals surface area contributed by atoms with E-state index < -0.39 is 0 Å². The van der Waals surface area contributed by atoms with Crippen LogP contribution in [0.2, 0.25) is 0 Å². The minimum atomic E-state index is -0.0328. The van der Waals surface area contributed by atoms with E-state index in [-0.39, 0.29) is 5.41 Å². The summed E-state index contributed by atoms with van der Waals surface area (Å²) in [5.41, 5.74) is 11.3. The van der Waals surface area contributed by atoms with Gasteiger partial charge in [0.2, 0.25) is 0 Å². The summed E-state index contributed by atoms with van der Waals surface area (Å²) in [5.74, 6) is 0. The summed E-state index contributed by atoms with van der Waals surface area (Å²) in [5, 5.41) is 7.88. The van der Waals surface area contributed by atoms with Crippen molar-refractivity contribution in [2.45, 2.75) is 19.3 Å². The maximum absolute atomic E-state index is 2.43. The molecular weight excluding hydrogens is 667 g/mol. The molecule has 8 aromatic carbocycles. The van der Waals surface area contributed by atoms with Crippen LogP contribution >= 0.6 is 22.7 Å². The molecule has 0 fully saturated rings. The first-order valence-corrected chi connectivity index (χ1v) is 19.5. The van der Waals surface area contributed by atoms with Gasteiger partial charge in [-0.3, -0.25) is 0 Å². The van der Waals surface area contributed by atoms with Gasteiger partial charge in [0.15, 0.2) is 0 Å². The fraction of sp³-hybridized carbons (Fsp3) is 0.0612. The van der Waals surface area contributed by atoms with Crippen LogP contribution in [0, 0.1) is 0 Å². The van der Waals surface area contributed by atoms with Gasteiger partial charge in [-0.2, -0.15) is 0 Å². The average Bonchev–Trinajstić information content (AvgIpc) is 3.81. The first-order chi connectivity index (χ1) is 25.5. The van der Waals surface area contributed by atoms with Gasteiger partial charge in [-0.25, -0.2) is 0 Å². The summed E-state index contributed by atoms with van der Waals surface area (Å²) in [4.78, 5) is 2.43. The van der Waals surface area contributed by atoms with Crippen molar-refractivity contribution in [3.63, 3.8) is 0 Å². The molecule has 2 aromatic heterocycles. The lowest BCUT2D eigenvalue weighted by Gasteiger charge is -2.27. The van der Waals surface area contributed by atoms with Crippen molar-refractivity contribution in [1.29, 1.82) is 0 Å². The highest BCUT2D eigenvalue weighted by atomic mass is 32.1. The largest absolute Gasteiger partial charge is 0.310 e. The molecule has 10 aromatic rings. The van der Waals surface area contributed by atoms with Gasteiger partial charge < -0.3 is 4.90 Å². The lowest BCUT2D eigenvalue weighted by atomic mass is 9.82. The smallest absolute Gasteiger partial charge is 0.0476 e. The molecule has 0 unspecified atom stereocenters. The molecule has 3 heteroatoms. The van der Waals surface area contributed by atoms with E-state index in [1.807, 2.05) is 22.7 Å². The van der Waals surface area contributed by atoms with Crippen molar-refractivity contribution in [2.24, 2.45) is 0 Å². The number of hydrogen-bond donors (Lipinski definition) is 0. The van der Waals surface area contributed by atoms with E-state index in [1.165, 1.54) is 84.5 Å². The van der Waals surface area contributed by atoms with E-state index in [0.29, 0.717) is 0 Å². The number of thiophene rings is 2. The fourth-order valence-electron chi connectivity index (χ4n) is 8.59. The number of nitrogens with zero attached hydrogens (tertiary/aromatic N) is 1. The maximum Gasteiger partial charge on any atom is 0.0476 e. The van der Waals surface area contributed by atoms with Gasteiger partial charge in [0, 0.05) is 62.8 Å². The molecule has 1 aliphatic rings. The van der Waals surface area contributed by atoms with Crippen molar-refractivity contribution in [3.8, 4) is 22.3 Å². The highest BCUT2D eigenvalue weighted by Crippen LogP contribution is 2.51. The number of hydrogen-bond acceptors (Lipinski definition) is 3. The van der Waals surface area contributed by atoms with Gasteiger partial charge in [0.05, 0.1) is 0 Å². The molecule has 0 bridgehead atoms. The third-order valence-corrected chi connectivity index (χ3v) is 13.5. The summed E-state index contributed by atoms with van der Waals surface area (Å²) < 4.78 is 5.30. The van der Waals surface area contributed by atoms with Gasteiger partial charge in [-0.1, -0.05) is 111 Å². The van der Waals surface area contributed by atoms with Crippen LogP contribution in [0.4, 0.5) is 17.1 Å². The van der Waals surface area contributed by atoms with Crippen molar-refractivity contribution in [1.82, 2.24) is 0 Å². The SMILES string of the molecule is CC1(C)c2ccccc2-c2cc(N(c3ccc(-c4ccc5sc6cc7ccccc7cc6c5c4)cc3)c3ccc4c(c3)sc3ccccc34)ccc21. The molecule has 0 saturated heterocycles. The van der Waals surface area contributed by atoms with Crippen LogP contribution in [-0.2, 0) is 5.41 Å². The Bertz CT molecular complexity index is 3050. The third kappa shape index (κ3) is 4.46. The molecule has 0 radical (unpaired) electrons. The molecule has 0 aliphatic heterocycles. The van der Waals surface area contributed by atoms with E-state index >= 15 is 0 Å². The summed E-state index contributed by atoms with van der Waals surface area (Å²) in [6.45, 7) is 4.70. The number of fused-ring (bicyclic) bond motifs is 10. The first kappa shape index (κ1) is 29.9. The van der Waals surface area contributed by atoms with Crippen LogP contribution in [-0.4, -0.2) is 0 Å². The van der Waals surface area contributed by atoms with Crippen molar-refractivity contribution in [3.05, 3.63) is 175 Å². The number of rotatable bonds is 4. The second kappa shape index (κ2) is 11.1. The Morgan fingerprint density at radius 3 is 1.85 bits per heavy atom.